The molecule has 4 rings (SSSR count). The molecule has 0 bridgehead atoms. The Morgan fingerprint density at radius 3 is 2.71 bits per heavy atom. The van der Waals surface area contributed by atoms with Crippen molar-refractivity contribution in [3.63, 3.8) is 0 Å². The summed E-state index contributed by atoms with van der Waals surface area (Å²) in [5.74, 6) is 1.59. The van der Waals surface area contributed by atoms with E-state index in [4.69, 9.17) is 9.26 Å². The lowest BCUT2D eigenvalue weighted by Gasteiger charge is -2.06. The first-order valence-corrected chi connectivity index (χ1v) is 10.9. The second-order valence-electron chi connectivity index (χ2n) is 6.85. The van der Waals surface area contributed by atoms with Crippen LogP contribution in [0.4, 0.5) is 5.69 Å². The van der Waals surface area contributed by atoms with Crippen LogP contribution in [0, 0.1) is 6.92 Å². The predicted octanol–water partition coefficient (Wildman–Crippen LogP) is 5.14. The zero-order valence-corrected chi connectivity index (χ0v) is 18.1. The minimum atomic E-state index is -0.118. The highest BCUT2D eigenvalue weighted by atomic mass is 32.1. The number of carbonyl (C=O) groups is 1. The monoisotopic (exact) mass is 434 g/mol. The molecule has 31 heavy (non-hydrogen) atoms. The molecule has 1 amide bonds. The summed E-state index contributed by atoms with van der Waals surface area (Å²) in [6.45, 7) is 4.52. The van der Waals surface area contributed by atoms with Crippen LogP contribution in [0.25, 0.3) is 22.6 Å². The number of carbonyl (C=O) groups excluding carboxylic acids is 1. The molecule has 2 aromatic heterocycles. The molecule has 4 aromatic rings. The van der Waals surface area contributed by atoms with Crippen molar-refractivity contribution in [1.82, 2.24) is 15.1 Å². The minimum absolute atomic E-state index is 0.118. The number of hydrogen-bond acceptors (Lipinski definition) is 7. The number of nitrogens with one attached hydrogen (secondary N) is 1. The topological polar surface area (TPSA) is 90.1 Å². The molecule has 0 unspecified atom stereocenters. The Morgan fingerprint density at radius 1 is 1.13 bits per heavy atom. The van der Waals surface area contributed by atoms with Gasteiger partial charge in [0.25, 0.3) is 0 Å². The Balaban J connectivity index is 1.33. The molecule has 0 radical (unpaired) electrons. The summed E-state index contributed by atoms with van der Waals surface area (Å²) in [4.78, 5) is 21.3. The number of anilines is 1. The Hall–Kier alpha value is -3.52. The van der Waals surface area contributed by atoms with Crippen molar-refractivity contribution >= 4 is 22.9 Å². The van der Waals surface area contributed by atoms with E-state index in [1.54, 1.807) is 11.3 Å². The summed E-state index contributed by atoms with van der Waals surface area (Å²) in [5, 5.41) is 9.94. The molecule has 0 spiro atoms. The Labute approximate surface area is 184 Å². The average Bonchev–Trinajstić information content (AvgIpc) is 3.43. The number of benzene rings is 2. The van der Waals surface area contributed by atoms with Crippen LogP contribution in [0.15, 0.2) is 58.4 Å². The van der Waals surface area contributed by atoms with Gasteiger partial charge < -0.3 is 14.6 Å². The van der Waals surface area contributed by atoms with Crippen molar-refractivity contribution in [2.75, 3.05) is 11.9 Å². The van der Waals surface area contributed by atoms with E-state index in [1.807, 2.05) is 67.8 Å². The number of rotatable bonds is 8. The molecular formula is C23H22N4O3S. The van der Waals surface area contributed by atoms with Crippen LogP contribution in [0.3, 0.4) is 0 Å². The molecule has 0 fully saturated rings. The Kier molecular flexibility index (Phi) is 6.37. The standard InChI is InChI=1S/C23H22N4O3S/c1-3-29-19-9-7-16(8-10-19)23-26-22(30-27-23)12-11-21(28)25-18-6-4-5-17(13-18)20-14-31-15(2)24-20/h4-10,13-14H,3,11-12H2,1-2H3,(H,25,28). The predicted molar refractivity (Wildman–Crippen MR) is 120 cm³/mol. The number of thiazole rings is 1. The van der Waals surface area contributed by atoms with Gasteiger partial charge in [0.1, 0.15) is 5.75 Å². The molecular weight excluding hydrogens is 412 g/mol. The second-order valence-corrected chi connectivity index (χ2v) is 7.91. The number of amides is 1. The van der Waals surface area contributed by atoms with E-state index in [1.165, 1.54) is 0 Å². The van der Waals surface area contributed by atoms with Crippen molar-refractivity contribution in [2.45, 2.75) is 26.7 Å². The molecule has 0 atom stereocenters. The van der Waals surface area contributed by atoms with Crippen molar-refractivity contribution in [3.8, 4) is 28.4 Å². The van der Waals surface area contributed by atoms with Gasteiger partial charge in [0.2, 0.25) is 17.6 Å². The van der Waals surface area contributed by atoms with Gasteiger partial charge in [-0.1, -0.05) is 17.3 Å². The molecule has 1 N–H and O–H groups in total. The molecule has 2 aromatic carbocycles. The fraction of sp³-hybridized carbons (Fsp3) is 0.217. The lowest BCUT2D eigenvalue weighted by Crippen LogP contribution is -2.12. The molecule has 158 valence electrons. The molecule has 0 aliphatic rings. The summed E-state index contributed by atoms with van der Waals surface area (Å²) in [6.07, 6.45) is 0.603. The van der Waals surface area contributed by atoms with Crippen molar-refractivity contribution in [2.24, 2.45) is 0 Å². The van der Waals surface area contributed by atoms with E-state index in [-0.39, 0.29) is 12.3 Å². The summed E-state index contributed by atoms with van der Waals surface area (Å²) < 4.78 is 10.7. The first kappa shape index (κ1) is 20.7. The minimum Gasteiger partial charge on any atom is -0.494 e. The lowest BCUT2D eigenvalue weighted by molar-refractivity contribution is -0.116. The first-order chi connectivity index (χ1) is 15.1. The second kappa shape index (κ2) is 9.53. The Bertz CT molecular complexity index is 1170. The summed E-state index contributed by atoms with van der Waals surface area (Å²) >= 11 is 1.60. The van der Waals surface area contributed by atoms with Gasteiger partial charge >= 0.3 is 0 Å². The number of nitrogens with zero attached hydrogens (tertiary/aromatic N) is 3. The van der Waals surface area contributed by atoms with Gasteiger partial charge in [0, 0.05) is 35.0 Å². The van der Waals surface area contributed by atoms with E-state index in [2.05, 4.69) is 20.4 Å². The van der Waals surface area contributed by atoms with Crippen LogP contribution in [0.5, 0.6) is 5.75 Å². The third kappa shape index (κ3) is 5.35. The van der Waals surface area contributed by atoms with Crippen LogP contribution in [-0.4, -0.2) is 27.6 Å². The van der Waals surface area contributed by atoms with Gasteiger partial charge in [-0.3, -0.25) is 4.79 Å². The SMILES string of the molecule is CCOc1ccc(-c2noc(CCC(=O)Nc3cccc(-c4csc(C)n4)c3)n2)cc1. The van der Waals surface area contributed by atoms with E-state index in [9.17, 15) is 4.79 Å². The number of aromatic nitrogens is 3. The van der Waals surface area contributed by atoms with Crippen LogP contribution in [0.1, 0.15) is 24.2 Å². The molecule has 2 heterocycles. The zero-order valence-electron chi connectivity index (χ0n) is 17.3. The van der Waals surface area contributed by atoms with Crippen LogP contribution < -0.4 is 10.1 Å². The van der Waals surface area contributed by atoms with Gasteiger partial charge in [-0.25, -0.2) is 4.98 Å². The van der Waals surface area contributed by atoms with E-state index in [0.29, 0.717) is 24.7 Å². The molecule has 8 heteroatoms. The van der Waals surface area contributed by atoms with Crippen molar-refractivity contribution < 1.29 is 14.1 Å². The molecule has 7 nitrogen and oxygen atoms in total. The Morgan fingerprint density at radius 2 is 1.97 bits per heavy atom. The summed E-state index contributed by atoms with van der Waals surface area (Å²) in [5.41, 5.74) is 3.44. The maximum absolute atomic E-state index is 12.4. The quantitative estimate of drug-likeness (QED) is 0.413. The fourth-order valence-corrected chi connectivity index (χ4v) is 3.66. The maximum atomic E-state index is 12.4. The molecule has 0 saturated heterocycles. The highest BCUT2D eigenvalue weighted by Crippen LogP contribution is 2.24. The molecule has 0 aliphatic heterocycles. The first-order valence-electron chi connectivity index (χ1n) is 9.99. The lowest BCUT2D eigenvalue weighted by atomic mass is 10.1. The highest BCUT2D eigenvalue weighted by Gasteiger charge is 2.12. The normalized spacial score (nSPS) is 10.8. The van der Waals surface area contributed by atoms with Gasteiger partial charge in [-0.05, 0) is 50.2 Å². The van der Waals surface area contributed by atoms with Crippen molar-refractivity contribution in [1.29, 1.82) is 0 Å². The van der Waals surface area contributed by atoms with E-state index < -0.39 is 0 Å². The fourth-order valence-electron chi connectivity index (χ4n) is 3.04. The smallest absolute Gasteiger partial charge is 0.227 e. The van der Waals surface area contributed by atoms with Crippen LogP contribution >= 0.6 is 11.3 Å². The van der Waals surface area contributed by atoms with E-state index >= 15 is 0 Å². The highest BCUT2D eigenvalue weighted by molar-refractivity contribution is 7.09. The molecule has 0 aliphatic carbocycles. The van der Waals surface area contributed by atoms with Gasteiger partial charge in [-0.15, -0.1) is 11.3 Å². The van der Waals surface area contributed by atoms with Crippen LogP contribution in [0.2, 0.25) is 0 Å². The van der Waals surface area contributed by atoms with Crippen molar-refractivity contribution in [3.05, 3.63) is 64.8 Å². The third-order valence-corrected chi connectivity index (χ3v) is 5.29. The summed E-state index contributed by atoms with van der Waals surface area (Å²) in [7, 11) is 0. The van der Waals surface area contributed by atoms with Gasteiger partial charge in [0.05, 0.1) is 17.3 Å². The zero-order chi connectivity index (χ0) is 21.6. The van der Waals surface area contributed by atoms with Gasteiger partial charge in [-0.2, -0.15) is 4.98 Å². The average molecular weight is 435 g/mol. The largest absolute Gasteiger partial charge is 0.494 e. The maximum Gasteiger partial charge on any atom is 0.227 e. The van der Waals surface area contributed by atoms with Crippen LogP contribution in [-0.2, 0) is 11.2 Å². The summed E-state index contributed by atoms with van der Waals surface area (Å²) in [6, 6.07) is 15.1. The molecule has 0 saturated carbocycles. The third-order valence-electron chi connectivity index (χ3n) is 4.52. The number of aryl methyl sites for hydroxylation is 2. The number of hydrogen-bond donors (Lipinski definition) is 1. The van der Waals surface area contributed by atoms with E-state index in [0.717, 1.165) is 33.3 Å². The number of ether oxygens (including phenoxy) is 1. The van der Waals surface area contributed by atoms with Gasteiger partial charge in [0.15, 0.2) is 0 Å².